The minimum atomic E-state index is -0.00902. The SMILES string of the molecule is Cc1sc(-c2ccco2)nc1C(=O)N(C)C1CCNC1. The number of thiazole rings is 1. The predicted octanol–water partition coefficient (Wildman–Crippen LogP) is 2.15. The van der Waals surface area contributed by atoms with E-state index in [1.165, 1.54) is 11.3 Å². The van der Waals surface area contributed by atoms with Crippen LogP contribution in [-0.4, -0.2) is 42.0 Å². The molecule has 0 bridgehead atoms. The molecule has 2 aromatic heterocycles. The summed E-state index contributed by atoms with van der Waals surface area (Å²) >= 11 is 1.49. The van der Waals surface area contributed by atoms with Crippen molar-refractivity contribution in [1.82, 2.24) is 15.2 Å². The van der Waals surface area contributed by atoms with Crippen molar-refractivity contribution in [1.29, 1.82) is 0 Å². The number of likely N-dealkylation sites (N-methyl/N-ethyl adjacent to an activating group) is 1. The highest BCUT2D eigenvalue weighted by Crippen LogP contribution is 2.28. The van der Waals surface area contributed by atoms with Crippen molar-refractivity contribution < 1.29 is 9.21 Å². The molecule has 1 aliphatic heterocycles. The lowest BCUT2D eigenvalue weighted by molar-refractivity contribution is 0.0738. The molecular formula is C14H17N3O2S. The fraction of sp³-hybridized carbons (Fsp3) is 0.429. The van der Waals surface area contributed by atoms with E-state index in [4.69, 9.17) is 4.42 Å². The van der Waals surface area contributed by atoms with Crippen molar-refractivity contribution in [3.05, 3.63) is 29.0 Å². The maximum Gasteiger partial charge on any atom is 0.273 e. The third kappa shape index (κ3) is 2.36. The fourth-order valence-electron chi connectivity index (χ4n) is 2.40. The number of carbonyl (C=O) groups is 1. The van der Waals surface area contributed by atoms with E-state index in [1.54, 1.807) is 11.2 Å². The zero-order chi connectivity index (χ0) is 14.1. The number of carbonyl (C=O) groups excluding carboxylic acids is 1. The average Bonchev–Trinajstić information content (AvgIpc) is 3.17. The summed E-state index contributed by atoms with van der Waals surface area (Å²) in [5.74, 6) is 0.701. The summed E-state index contributed by atoms with van der Waals surface area (Å²) in [5.41, 5.74) is 0.538. The van der Waals surface area contributed by atoms with Gasteiger partial charge in [-0.05, 0) is 32.0 Å². The lowest BCUT2D eigenvalue weighted by atomic mass is 10.2. The van der Waals surface area contributed by atoms with Gasteiger partial charge in [0.1, 0.15) is 5.69 Å². The van der Waals surface area contributed by atoms with E-state index in [1.807, 2.05) is 26.1 Å². The second kappa shape index (κ2) is 5.38. The quantitative estimate of drug-likeness (QED) is 0.941. The Hall–Kier alpha value is -1.66. The lowest BCUT2D eigenvalue weighted by Gasteiger charge is -2.23. The van der Waals surface area contributed by atoms with Crippen LogP contribution in [0, 0.1) is 6.92 Å². The molecule has 0 aliphatic carbocycles. The van der Waals surface area contributed by atoms with Crippen LogP contribution in [-0.2, 0) is 0 Å². The molecule has 0 aromatic carbocycles. The Morgan fingerprint density at radius 2 is 2.45 bits per heavy atom. The third-order valence-electron chi connectivity index (χ3n) is 3.63. The van der Waals surface area contributed by atoms with E-state index in [9.17, 15) is 4.79 Å². The van der Waals surface area contributed by atoms with Gasteiger partial charge in [0, 0.05) is 24.5 Å². The van der Waals surface area contributed by atoms with Crippen LogP contribution in [0.4, 0.5) is 0 Å². The van der Waals surface area contributed by atoms with Crippen molar-refractivity contribution in [2.75, 3.05) is 20.1 Å². The van der Waals surface area contributed by atoms with Gasteiger partial charge in [-0.2, -0.15) is 0 Å². The molecule has 1 atom stereocenters. The van der Waals surface area contributed by atoms with Gasteiger partial charge in [0.15, 0.2) is 10.8 Å². The number of hydrogen-bond donors (Lipinski definition) is 1. The molecule has 3 heterocycles. The molecule has 1 unspecified atom stereocenters. The number of nitrogens with zero attached hydrogens (tertiary/aromatic N) is 2. The predicted molar refractivity (Wildman–Crippen MR) is 77.9 cm³/mol. The molecule has 0 saturated carbocycles. The highest BCUT2D eigenvalue weighted by molar-refractivity contribution is 7.15. The van der Waals surface area contributed by atoms with Crippen molar-refractivity contribution in [3.63, 3.8) is 0 Å². The molecule has 1 amide bonds. The van der Waals surface area contributed by atoms with E-state index in [2.05, 4.69) is 10.3 Å². The number of amides is 1. The van der Waals surface area contributed by atoms with Gasteiger partial charge in [0.05, 0.1) is 6.26 Å². The van der Waals surface area contributed by atoms with Gasteiger partial charge in [-0.25, -0.2) is 4.98 Å². The Bertz CT molecular complexity index is 600. The first kappa shape index (κ1) is 13.3. The van der Waals surface area contributed by atoms with E-state index in [0.29, 0.717) is 11.5 Å². The smallest absolute Gasteiger partial charge is 0.273 e. The van der Waals surface area contributed by atoms with E-state index in [-0.39, 0.29) is 11.9 Å². The molecule has 2 aromatic rings. The van der Waals surface area contributed by atoms with Crippen LogP contribution in [0.15, 0.2) is 22.8 Å². The topological polar surface area (TPSA) is 58.4 Å². The van der Waals surface area contributed by atoms with Gasteiger partial charge in [-0.3, -0.25) is 4.79 Å². The number of nitrogens with one attached hydrogen (secondary N) is 1. The van der Waals surface area contributed by atoms with Gasteiger partial charge in [-0.15, -0.1) is 11.3 Å². The first-order chi connectivity index (χ1) is 9.66. The lowest BCUT2D eigenvalue weighted by Crippen LogP contribution is -2.38. The van der Waals surface area contributed by atoms with Crippen LogP contribution in [0.1, 0.15) is 21.8 Å². The highest BCUT2D eigenvalue weighted by Gasteiger charge is 2.27. The summed E-state index contributed by atoms with van der Waals surface area (Å²) in [6, 6.07) is 3.94. The third-order valence-corrected chi connectivity index (χ3v) is 4.62. The molecule has 3 rings (SSSR count). The van der Waals surface area contributed by atoms with Gasteiger partial charge < -0.3 is 14.6 Å². The molecule has 5 nitrogen and oxygen atoms in total. The Labute approximate surface area is 121 Å². The normalized spacial score (nSPS) is 18.4. The molecule has 20 heavy (non-hydrogen) atoms. The Morgan fingerprint density at radius 1 is 1.60 bits per heavy atom. The monoisotopic (exact) mass is 291 g/mol. The number of aryl methyl sites for hydroxylation is 1. The molecule has 106 valence electrons. The standard InChI is InChI=1S/C14H17N3O2S/c1-9-12(14(18)17(2)10-5-6-15-8-10)16-13(20-9)11-4-3-7-19-11/h3-4,7,10,15H,5-6,8H2,1-2H3. The van der Waals surface area contributed by atoms with Crippen molar-refractivity contribution in [2.24, 2.45) is 0 Å². The summed E-state index contributed by atoms with van der Waals surface area (Å²) < 4.78 is 5.34. The molecule has 1 N–H and O–H groups in total. The highest BCUT2D eigenvalue weighted by atomic mass is 32.1. The van der Waals surface area contributed by atoms with E-state index >= 15 is 0 Å². The van der Waals surface area contributed by atoms with E-state index in [0.717, 1.165) is 29.4 Å². The number of furan rings is 1. The second-order valence-corrected chi connectivity index (χ2v) is 6.17. The maximum atomic E-state index is 12.5. The number of rotatable bonds is 3. The molecule has 0 radical (unpaired) electrons. The number of aromatic nitrogens is 1. The van der Waals surface area contributed by atoms with Crippen LogP contribution >= 0.6 is 11.3 Å². The Kier molecular flexibility index (Phi) is 3.58. The molecular weight excluding hydrogens is 274 g/mol. The first-order valence-electron chi connectivity index (χ1n) is 6.66. The van der Waals surface area contributed by atoms with E-state index < -0.39 is 0 Å². The molecule has 6 heteroatoms. The van der Waals surface area contributed by atoms with Crippen LogP contribution in [0.5, 0.6) is 0 Å². The van der Waals surface area contributed by atoms with Crippen LogP contribution in [0.25, 0.3) is 10.8 Å². The summed E-state index contributed by atoms with van der Waals surface area (Å²) in [6.45, 7) is 3.75. The molecule has 1 aliphatic rings. The maximum absolute atomic E-state index is 12.5. The summed E-state index contributed by atoms with van der Waals surface area (Å²) in [7, 11) is 1.85. The first-order valence-corrected chi connectivity index (χ1v) is 7.47. The molecule has 1 saturated heterocycles. The largest absolute Gasteiger partial charge is 0.462 e. The molecule has 0 spiro atoms. The van der Waals surface area contributed by atoms with Crippen molar-refractivity contribution >= 4 is 17.2 Å². The van der Waals surface area contributed by atoms with Gasteiger partial charge >= 0.3 is 0 Å². The minimum absolute atomic E-state index is 0.00902. The van der Waals surface area contributed by atoms with Crippen molar-refractivity contribution in [2.45, 2.75) is 19.4 Å². The van der Waals surface area contributed by atoms with Crippen LogP contribution in [0.3, 0.4) is 0 Å². The van der Waals surface area contributed by atoms with Gasteiger partial charge in [0.25, 0.3) is 5.91 Å². The zero-order valence-electron chi connectivity index (χ0n) is 11.5. The Balaban J connectivity index is 1.84. The summed E-state index contributed by atoms with van der Waals surface area (Å²) in [5, 5.41) is 4.03. The molecule has 1 fully saturated rings. The summed E-state index contributed by atoms with van der Waals surface area (Å²) in [6.07, 6.45) is 2.61. The minimum Gasteiger partial charge on any atom is -0.462 e. The van der Waals surface area contributed by atoms with Crippen LogP contribution in [0.2, 0.25) is 0 Å². The zero-order valence-corrected chi connectivity index (χ0v) is 12.4. The number of hydrogen-bond acceptors (Lipinski definition) is 5. The van der Waals surface area contributed by atoms with Gasteiger partial charge in [-0.1, -0.05) is 0 Å². The second-order valence-electron chi connectivity index (χ2n) is 4.96. The average molecular weight is 291 g/mol. The fourth-order valence-corrected chi connectivity index (χ4v) is 3.28. The Morgan fingerprint density at radius 3 is 3.10 bits per heavy atom. The summed E-state index contributed by atoms with van der Waals surface area (Å²) in [4.78, 5) is 19.7. The van der Waals surface area contributed by atoms with Crippen molar-refractivity contribution in [3.8, 4) is 10.8 Å². The van der Waals surface area contributed by atoms with Gasteiger partial charge in [0.2, 0.25) is 0 Å². The van der Waals surface area contributed by atoms with Crippen LogP contribution < -0.4 is 5.32 Å².